The van der Waals surface area contributed by atoms with Gasteiger partial charge >= 0.3 is 6.18 Å². The van der Waals surface area contributed by atoms with E-state index in [4.69, 9.17) is 0 Å². The van der Waals surface area contributed by atoms with Gasteiger partial charge in [0.25, 0.3) is 0 Å². The van der Waals surface area contributed by atoms with E-state index in [0.29, 0.717) is 12.1 Å². The highest BCUT2D eigenvalue weighted by Gasteiger charge is 2.43. The van der Waals surface area contributed by atoms with E-state index in [0.717, 1.165) is 11.1 Å². The predicted octanol–water partition coefficient (Wildman–Crippen LogP) is 2.70. The monoisotopic (exact) mass is 201 g/mol. The molecule has 0 aromatic heterocycles. The third-order valence-electron chi connectivity index (χ3n) is 2.43. The number of fused-ring (bicyclic) bond motifs is 1. The molecule has 1 aromatic rings. The number of halogens is 3. The number of aryl methyl sites for hydroxylation is 1. The van der Waals surface area contributed by atoms with Crippen LogP contribution in [-0.2, 0) is 6.54 Å². The molecule has 1 atom stereocenters. The van der Waals surface area contributed by atoms with Crippen molar-refractivity contribution in [3.8, 4) is 0 Å². The number of alkyl halides is 3. The second-order valence-electron chi connectivity index (χ2n) is 3.56. The first-order valence-electron chi connectivity index (χ1n) is 4.38. The lowest BCUT2D eigenvalue weighted by molar-refractivity contribution is -0.155. The van der Waals surface area contributed by atoms with Crippen LogP contribution in [-0.4, -0.2) is 6.18 Å². The Morgan fingerprint density at radius 3 is 2.71 bits per heavy atom. The molecule has 0 saturated heterocycles. The third kappa shape index (κ3) is 1.50. The van der Waals surface area contributed by atoms with E-state index in [1.165, 1.54) is 0 Å². The summed E-state index contributed by atoms with van der Waals surface area (Å²) in [6.07, 6.45) is -4.19. The van der Waals surface area contributed by atoms with E-state index >= 15 is 0 Å². The maximum absolute atomic E-state index is 12.5. The standard InChI is InChI=1S/C10H10F3N/c1-6-2-3-8-7(4-6)5-14-9(8)10(11,12)13/h2-4,9,14H,5H2,1H3/t9-/m1/s1. The van der Waals surface area contributed by atoms with E-state index in [9.17, 15) is 13.2 Å². The summed E-state index contributed by atoms with van der Waals surface area (Å²) >= 11 is 0. The molecule has 1 N–H and O–H groups in total. The molecule has 76 valence electrons. The Hall–Kier alpha value is -1.03. The van der Waals surface area contributed by atoms with Gasteiger partial charge in [0.2, 0.25) is 0 Å². The molecule has 2 rings (SSSR count). The molecule has 1 aliphatic heterocycles. The molecular formula is C10H10F3N. The van der Waals surface area contributed by atoms with E-state index in [1.54, 1.807) is 18.2 Å². The fourth-order valence-electron chi connectivity index (χ4n) is 1.78. The van der Waals surface area contributed by atoms with Crippen LogP contribution in [0.25, 0.3) is 0 Å². The number of rotatable bonds is 0. The van der Waals surface area contributed by atoms with E-state index in [-0.39, 0.29) is 0 Å². The van der Waals surface area contributed by atoms with Crippen molar-refractivity contribution in [2.45, 2.75) is 25.7 Å². The zero-order chi connectivity index (χ0) is 10.3. The first-order chi connectivity index (χ1) is 6.48. The molecular weight excluding hydrogens is 191 g/mol. The summed E-state index contributed by atoms with van der Waals surface area (Å²) in [6, 6.07) is 3.58. The molecule has 0 fully saturated rings. The highest BCUT2D eigenvalue weighted by molar-refractivity contribution is 5.37. The number of nitrogens with one attached hydrogen (secondary N) is 1. The van der Waals surface area contributed by atoms with Crippen LogP contribution in [0.5, 0.6) is 0 Å². The lowest BCUT2D eigenvalue weighted by Crippen LogP contribution is -2.28. The maximum atomic E-state index is 12.5. The van der Waals surface area contributed by atoms with E-state index < -0.39 is 12.2 Å². The van der Waals surface area contributed by atoms with Gasteiger partial charge in [-0.3, -0.25) is 5.32 Å². The Bertz CT molecular complexity index is 357. The Kier molecular flexibility index (Phi) is 2.03. The maximum Gasteiger partial charge on any atom is 0.407 e. The molecule has 0 unspecified atom stereocenters. The van der Waals surface area contributed by atoms with Gasteiger partial charge in [0, 0.05) is 6.54 Å². The van der Waals surface area contributed by atoms with Gasteiger partial charge in [-0.05, 0) is 18.1 Å². The van der Waals surface area contributed by atoms with Crippen molar-refractivity contribution in [3.05, 3.63) is 34.9 Å². The Balaban J connectivity index is 2.41. The fourth-order valence-corrected chi connectivity index (χ4v) is 1.78. The van der Waals surface area contributed by atoms with Gasteiger partial charge in [0.15, 0.2) is 0 Å². The normalized spacial score (nSPS) is 21.0. The van der Waals surface area contributed by atoms with Crippen LogP contribution in [0.1, 0.15) is 22.7 Å². The zero-order valence-corrected chi connectivity index (χ0v) is 7.65. The molecule has 0 aliphatic carbocycles. The van der Waals surface area contributed by atoms with Crippen molar-refractivity contribution >= 4 is 0 Å². The molecule has 1 heterocycles. The molecule has 4 heteroatoms. The summed E-state index contributed by atoms with van der Waals surface area (Å²) in [7, 11) is 0. The average Bonchev–Trinajstić information content (AvgIpc) is 2.45. The van der Waals surface area contributed by atoms with Crippen LogP contribution in [0.15, 0.2) is 18.2 Å². The highest BCUT2D eigenvalue weighted by Crippen LogP contribution is 2.38. The van der Waals surface area contributed by atoms with E-state index in [2.05, 4.69) is 5.32 Å². The lowest BCUT2D eigenvalue weighted by Gasteiger charge is -2.15. The topological polar surface area (TPSA) is 12.0 Å². The van der Waals surface area contributed by atoms with Crippen molar-refractivity contribution in [2.24, 2.45) is 0 Å². The summed E-state index contributed by atoms with van der Waals surface area (Å²) < 4.78 is 37.4. The molecule has 0 spiro atoms. The number of benzene rings is 1. The van der Waals surface area contributed by atoms with Gasteiger partial charge < -0.3 is 0 Å². The van der Waals surface area contributed by atoms with Crippen LogP contribution in [0.3, 0.4) is 0 Å². The Labute approximate surface area is 79.9 Å². The summed E-state index contributed by atoms with van der Waals surface area (Å²) in [5, 5.41) is 2.46. The smallest absolute Gasteiger partial charge is 0.298 e. The molecule has 1 aliphatic rings. The minimum Gasteiger partial charge on any atom is -0.298 e. The summed E-state index contributed by atoms with van der Waals surface area (Å²) in [4.78, 5) is 0. The first kappa shape index (κ1) is 9.52. The molecule has 1 nitrogen and oxygen atoms in total. The van der Waals surface area contributed by atoms with Gasteiger partial charge in [-0.1, -0.05) is 23.8 Å². The van der Waals surface area contributed by atoms with Crippen LogP contribution in [0, 0.1) is 6.92 Å². The average molecular weight is 201 g/mol. The van der Waals surface area contributed by atoms with Crippen molar-refractivity contribution < 1.29 is 13.2 Å². The van der Waals surface area contributed by atoms with E-state index in [1.807, 2.05) is 6.92 Å². The second-order valence-corrected chi connectivity index (χ2v) is 3.56. The highest BCUT2D eigenvalue weighted by atomic mass is 19.4. The van der Waals surface area contributed by atoms with Crippen molar-refractivity contribution in [2.75, 3.05) is 0 Å². The second kappa shape index (κ2) is 2.98. The largest absolute Gasteiger partial charge is 0.407 e. The van der Waals surface area contributed by atoms with Crippen molar-refractivity contribution in [1.82, 2.24) is 5.32 Å². The SMILES string of the molecule is Cc1ccc2c(c1)CN[C@H]2C(F)(F)F. The zero-order valence-electron chi connectivity index (χ0n) is 7.65. The minimum absolute atomic E-state index is 0.307. The summed E-state index contributed by atoms with van der Waals surface area (Å²) in [5.74, 6) is 0. The predicted molar refractivity (Wildman–Crippen MR) is 46.8 cm³/mol. The number of hydrogen-bond acceptors (Lipinski definition) is 1. The lowest BCUT2D eigenvalue weighted by atomic mass is 10.0. The van der Waals surface area contributed by atoms with Gasteiger partial charge in [-0.2, -0.15) is 13.2 Å². The molecule has 0 amide bonds. The quantitative estimate of drug-likeness (QED) is 0.680. The fraction of sp³-hybridized carbons (Fsp3) is 0.400. The van der Waals surface area contributed by atoms with Crippen LogP contribution < -0.4 is 5.32 Å². The van der Waals surface area contributed by atoms with Gasteiger partial charge in [0.05, 0.1) is 0 Å². The minimum atomic E-state index is -4.19. The van der Waals surface area contributed by atoms with Crippen LogP contribution in [0.4, 0.5) is 13.2 Å². The Morgan fingerprint density at radius 2 is 2.07 bits per heavy atom. The molecule has 1 aromatic carbocycles. The third-order valence-corrected chi connectivity index (χ3v) is 2.43. The molecule has 0 saturated carbocycles. The summed E-state index contributed by atoms with van der Waals surface area (Å²) in [5.41, 5.74) is 2.11. The molecule has 0 radical (unpaired) electrons. The first-order valence-corrected chi connectivity index (χ1v) is 4.38. The van der Waals surface area contributed by atoms with Gasteiger partial charge in [-0.15, -0.1) is 0 Å². The van der Waals surface area contributed by atoms with Crippen molar-refractivity contribution in [3.63, 3.8) is 0 Å². The number of hydrogen-bond donors (Lipinski definition) is 1. The van der Waals surface area contributed by atoms with Gasteiger partial charge in [-0.25, -0.2) is 0 Å². The van der Waals surface area contributed by atoms with Crippen LogP contribution in [0.2, 0.25) is 0 Å². The Morgan fingerprint density at radius 1 is 1.36 bits per heavy atom. The summed E-state index contributed by atoms with van der Waals surface area (Å²) in [6.45, 7) is 2.18. The molecule has 0 bridgehead atoms. The van der Waals surface area contributed by atoms with Crippen LogP contribution >= 0.6 is 0 Å². The van der Waals surface area contributed by atoms with Gasteiger partial charge in [0.1, 0.15) is 6.04 Å². The van der Waals surface area contributed by atoms with Crippen molar-refractivity contribution in [1.29, 1.82) is 0 Å². The molecule has 14 heavy (non-hydrogen) atoms.